The summed E-state index contributed by atoms with van der Waals surface area (Å²) < 4.78 is 0. The number of amides is 1. The smallest absolute Gasteiger partial charge is 0.261 e. The molecule has 0 unspecified atom stereocenters. The second-order valence-corrected chi connectivity index (χ2v) is 2.87. The molecule has 2 N–H and O–H groups in total. The van der Waals surface area contributed by atoms with E-state index in [9.17, 15) is 4.79 Å². The number of hydrogen-bond acceptors (Lipinski definition) is 3. The highest BCUT2D eigenvalue weighted by atomic mass is 32.2. The van der Waals surface area contributed by atoms with Crippen LogP contribution in [0.15, 0.2) is 4.99 Å². The van der Waals surface area contributed by atoms with Gasteiger partial charge in [0.25, 0.3) is 5.91 Å². The van der Waals surface area contributed by atoms with E-state index in [1.165, 1.54) is 0 Å². The zero-order chi connectivity index (χ0) is 7.98. The fourth-order valence-electron chi connectivity index (χ4n) is 0.486. The lowest BCUT2D eigenvalue weighted by Crippen LogP contribution is -2.29. The predicted molar refractivity (Wildman–Crippen MR) is 45.5 cm³/mol. The van der Waals surface area contributed by atoms with E-state index in [2.05, 4.69) is 11.7 Å². The first-order valence-electron chi connectivity index (χ1n) is 2.97. The van der Waals surface area contributed by atoms with Crippen LogP contribution in [-0.2, 0) is 4.79 Å². The summed E-state index contributed by atoms with van der Waals surface area (Å²) in [6.45, 7) is 3.10. The topological polar surface area (TPSA) is 55.5 Å². The molecule has 0 aliphatic rings. The summed E-state index contributed by atoms with van der Waals surface area (Å²) >= 11 is 1.66. The van der Waals surface area contributed by atoms with Crippen molar-refractivity contribution in [1.82, 2.24) is 0 Å². The third-order valence-corrected chi connectivity index (χ3v) is 1.75. The second-order valence-electron chi connectivity index (χ2n) is 1.88. The van der Waals surface area contributed by atoms with Gasteiger partial charge in [0.2, 0.25) is 0 Å². The molecule has 10 heavy (non-hydrogen) atoms. The third-order valence-electron chi connectivity index (χ3n) is 1.11. The summed E-state index contributed by atoms with van der Waals surface area (Å²) in [6, 6.07) is -0.454. The van der Waals surface area contributed by atoms with Gasteiger partial charge in [-0.15, -0.1) is 0 Å². The molecular weight excluding hydrogens is 148 g/mol. The number of thioether (sulfide) groups is 1. The molecule has 0 saturated carbocycles. The van der Waals surface area contributed by atoms with Gasteiger partial charge in [-0.05, 0) is 25.1 Å². The summed E-state index contributed by atoms with van der Waals surface area (Å²) in [5, 5.41) is 0. The number of hydrogen-bond donors (Lipinski definition) is 1. The first-order valence-corrected chi connectivity index (χ1v) is 4.36. The maximum absolute atomic E-state index is 10.7. The van der Waals surface area contributed by atoms with Crippen molar-refractivity contribution in [3.05, 3.63) is 0 Å². The normalized spacial score (nSPS) is 12.6. The van der Waals surface area contributed by atoms with Gasteiger partial charge in [-0.3, -0.25) is 4.79 Å². The minimum atomic E-state index is -0.454. The Morgan fingerprint density at radius 2 is 2.50 bits per heavy atom. The molecule has 0 aromatic heterocycles. The maximum atomic E-state index is 10.7. The average molecular weight is 160 g/mol. The summed E-state index contributed by atoms with van der Waals surface area (Å²) in [5.41, 5.74) is 5.42. The first-order chi connectivity index (χ1) is 4.72. The summed E-state index contributed by atoms with van der Waals surface area (Å²) in [4.78, 5) is 13.9. The predicted octanol–water partition coefficient (Wildman–Crippen LogP) is 0.294. The van der Waals surface area contributed by atoms with E-state index in [0.29, 0.717) is 6.42 Å². The van der Waals surface area contributed by atoms with Gasteiger partial charge >= 0.3 is 0 Å². The molecule has 3 nitrogen and oxygen atoms in total. The van der Waals surface area contributed by atoms with Crippen molar-refractivity contribution in [2.24, 2.45) is 10.7 Å². The van der Waals surface area contributed by atoms with Crippen molar-refractivity contribution < 1.29 is 4.79 Å². The van der Waals surface area contributed by atoms with Crippen LogP contribution in [0.5, 0.6) is 0 Å². The lowest BCUT2D eigenvalue weighted by atomic mass is 10.2. The largest absolute Gasteiger partial charge is 0.320 e. The van der Waals surface area contributed by atoms with E-state index in [4.69, 9.17) is 5.73 Å². The van der Waals surface area contributed by atoms with E-state index in [1.54, 1.807) is 11.8 Å². The van der Waals surface area contributed by atoms with Crippen molar-refractivity contribution in [3.8, 4) is 0 Å². The summed E-state index contributed by atoms with van der Waals surface area (Å²) in [6.07, 6.45) is 2.65. The fourth-order valence-corrected chi connectivity index (χ4v) is 0.975. The van der Waals surface area contributed by atoms with Crippen LogP contribution in [-0.4, -0.2) is 30.7 Å². The molecule has 0 radical (unpaired) electrons. The SMILES string of the molecule is C=NC(=O)[C@@H](N)CCSC. The van der Waals surface area contributed by atoms with Gasteiger partial charge < -0.3 is 5.73 Å². The molecule has 0 aromatic rings. The van der Waals surface area contributed by atoms with Gasteiger partial charge in [0.15, 0.2) is 0 Å². The first kappa shape index (κ1) is 9.65. The molecule has 0 aromatic carbocycles. The Bertz CT molecular complexity index is 127. The Balaban J connectivity index is 3.51. The summed E-state index contributed by atoms with van der Waals surface area (Å²) in [7, 11) is 0. The number of nitrogens with zero attached hydrogens (tertiary/aromatic N) is 1. The van der Waals surface area contributed by atoms with Crippen LogP contribution in [0, 0.1) is 0 Å². The molecule has 1 atom stereocenters. The Labute approximate surface area is 65.1 Å². The van der Waals surface area contributed by atoms with E-state index >= 15 is 0 Å². The number of carbonyl (C=O) groups is 1. The minimum absolute atomic E-state index is 0.311. The monoisotopic (exact) mass is 160 g/mol. The molecule has 58 valence electrons. The summed E-state index contributed by atoms with van der Waals surface area (Å²) in [5.74, 6) is 0.580. The highest BCUT2D eigenvalue weighted by molar-refractivity contribution is 7.98. The van der Waals surface area contributed by atoms with Crippen molar-refractivity contribution >= 4 is 24.4 Å². The fraction of sp³-hybridized carbons (Fsp3) is 0.667. The van der Waals surface area contributed by atoms with Gasteiger partial charge in [0.1, 0.15) is 0 Å². The molecule has 4 heteroatoms. The molecular formula is C6H12N2OS. The van der Waals surface area contributed by atoms with Crippen LogP contribution < -0.4 is 5.73 Å². The highest BCUT2D eigenvalue weighted by Gasteiger charge is 2.09. The molecule has 0 fully saturated rings. The van der Waals surface area contributed by atoms with Gasteiger partial charge in [-0.25, -0.2) is 4.99 Å². The van der Waals surface area contributed by atoms with Gasteiger partial charge in [-0.1, -0.05) is 0 Å². The Kier molecular flexibility index (Phi) is 5.25. The zero-order valence-corrected chi connectivity index (χ0v) is 6.86. The molecule has 0 heterocycles. The van der Waals surface area contributed by atoms with Crippen LogP contribution >= 0.6 is 11.8 Å². The Morgan fingerprint density at radius 1 is 1.90 bits per heavy atom. The van der Waals surface area contributed by atoms with Gasteiger partial charge in [0, 0.05) is 0 Å². The zero-order valence-electron chi connectivity index (χ0n) is 6.04. The Hall–Kier alpha value is -0.350. The molecule has 0 rings (SSSR count). The van der Waals surface area contributed by atoms with Gasteiger partial charge in [0.05, 0.1) is 6.04 Å². The van der Waals surface area contributed by atoms with E-state index < -0.39 is 6.04 Å². The second kappa shape index (κ2) is 5.44. The van der Waals surface area contributed by atoms with E-state index in [0.717, 1.165) is 5.75 Å². The van der Waals surface area contributed by atoms with Crippen LogP contribution in [0.2, 0.25) is 0 Å². The van der Waals surface area contributed by atoms with E-state index in [-0.39, 0.29) is 5.91 Å². The minimum Gasteiger partial charge on any atom is -0.320 e. The molecule has 1 amide bonds. The van der Waals surface area contributed by atoms with Crippen LogP contribution in [0.4, 0.5) is 0 Å². The molecule has 0 aliphatic carbocycles. The van der Waals surface area contributed by atoms with Crippen LogP contribution in [0.1, 0.15) is 6.42 Å². The standard InChI is InChI=1S/C6H12N2OS/c1-8-6(9)5(7)3-4-10-2/h5H,1,3-4,7H2,2H3/t5-/m0/s1. The Morgan fingerprint density at radius 3 is 2.90 bits per heavy atom. The van der Waals surface area contributed by atoms with Crippen LogP contribution in [0.3, 0.4) is 0 Å². The molecule has 0 spiro atoms. The lowest BCUT2D eigenvalue weighted by molar-refractivity contribution is -0.118. The highest BCUT2D eigenvalue weighted by Crippen LogP contribution is 1.99. The van der Waals surface area contributed by atoms with Crippen molar-refractivity contribution in [1.29, 1.82) is 0 Å². The molecule has 0 saturated heterocycles. The van der Waals surface area contributed by atoms with Crippen molar-refractivity contribution in [2.45, 2.75) is 12.5 Å². The third kappa shape index (κ3) is 3.63. The quantitative estimate of drug-likeness (QED) is 0.601. The average Bonchev–Trinajstić information content (AvgIpc) is 1.98. The van der Waals surface area contributed by atoms with Gasteiger partial charge in [-0.2, -0.15) is 11.8 Å². The number of nitrogens with two attached hydrogens (primary N) is 1. The lowest BCUT2D eigenvalue weighted by Gasteiger charge is -2.03. The number of carbonyl (C=O) groups excluding carboxylic acids is 1. The maximum Gasteiger partial charge on any atom is 0.261 e. The molecule has 0 aliphatic heterocycles. The van der Waals surface area contributed by atoms with E-state index in [1.807, 2.05) is 6.26 Å². The number of aliphatic imine (C=N–C) groups is 1. The molecule has 0 bridgehead atoms. The van der Waals surface area contributed by atoms with Crippen molar-refractivity contribution in [3.63, 3.8) is 0 Å². The van der Waals surface area contributed by atoms with Crippen LogP contribution in [0.25, 0.3) is 0 Å². The van der Waals surface area contributed by atoms with Crippen molar-refractivity contribution in [2.75, 3.05) is 12.0 Å². The number of rotatable bonds is 4.